The second-order valence-corrected chi connectivity index (χ2v) is 6.13. The van der Waals surface area contributed by atoms with Crippen molar-refractivity contribution in [3.8, 4) is 5.75 Å². The fraction of sp³-hybridized carbons (Fsp3) is 0.417. The largest absolute Gasteiger partial charge is 0.482 e. The van der Waals surface area contributed by atoms with Crippen molar-refractivity contribution in [1.29, 1.82) is 0 Å². The number of carboxylic acids is 1. The lowest BCUT2D eigenvalue weighted by atomic mass is 10.3. The Morgan fingerprint density at radius 3 is 2.45 bits per heavy atom. The minimum atomic E-state index is -3.54. The van der Waals surface area contributed by atoms with Crippen LogP contribution >= 0.6 is 0 Å². The maximum atomic E-state index is 12.2. The molecule has 0 fully saturated rings. The summed E-state index contributed by atoms with van der Waals surface area (Å²) in [7, 11) is -0.291. The van der Waals surface area contributed by atoms with Gasteiger partial charge in [0.25, 0.3) is 0 Å². The molecular weight excluding hydrogens is 284 g/mol. The van der Waals surface area contributed by atoms with Crippen LogP contribution in [-0.4, -0.2) is 57.6 Å². The molecule has 1 aromatic rings. The van der Waals surface area contributed by atoms with Crippen molar-refractivity contribution in [2.45, 2.75) is 4.90 Å². The third-order valence-electron chi connectivity index (χ3n) is 2.57. The number of hydrogen-bond acceptors (Lipinski definition) is 5. The van der Waals surface area contributed by atoms with E-state index in [2.05, 4.69) is 5.32 Å². The number of carboxylic acid groups (broad SMARTS) is 1. The van der Waals surface area contributed by atoms with Crippen LogP contribution < -0.4 is 10.1 Å². The number of nitrogens with zero attached hydrogens (tertiary/aromatic N) is 1. The zero-order valence-electron chi connectivity index (χ0n) is 11.4. The van der Waals surface area contributed by atoms with Gasteiger partial charge in [-0.3, -0.25) is 0 Å². The highest BCUT2D eigenvalue weighted by Crippen LogP contribution is 2.18. The van der Waals surface area contributed by atoms with E-state index in [1.54, 1.807) is 7.05 Å². The van der Waals surface area contributed by atoms with Crippen LogP contribution in [0.1, 0.15) is 0 Å². The first-order chi connectivity index (χ1) is 9.37. The predicted octanol–water partition coefficient (Wildman–Crippen LogP) is -0.0101. The molecule has 0 spiro atoms. The molecule has 0 aliphatic heterocycles. The topological polar surface area (TPSA) is 95.9 Å². The molecule has 2 N–H and O–H groups in total. The second-order valence-electron chi connectivity index (χ2n) is 4.08. The molecule has 0 bridgehead atoms. The van der Waals surface area contributed by atoms with Crippen LogP contribution in [0.25, 0.3) is 0 Å². The van der Waals surface area contributed by atoms with Gasteiger partial charge in [0, 0.05) is 20.1 Å². The van der Waals surface area contributed by atoms with E-state index in [0.29, 0.717) is 18.8 Å². The van der Waals surface area contributed by atoms with E-state index in [1.807, 2.05) is 0 Å². The van der Waals surface area contributed by atoms with Gasteiger partial charge in [-0.15, -0.1) is 0 Å². The Bertz CT molecular complexity index is 541. The van der Waals surface area contributed by atoms with E-state index in [1.165, 1.54) is 35.6 Å². The molecule has 0 unspecified atom stereocenters. The van der Waals surface area contributed by atoms with E-state index < -0.39 is 22.6 Å². The number of hydrogen-bond donors (Lipinski definition) is 2. The summed E-state index contributed by atoms with van der Waals surface area (Å²) in [6.45, 7) is 0.444. The fourth-order valence-electron chi connectivity index (χ4n) is 1.42. The number of aliphatic carboxylic acids is 1. The Morgan fingerprint density at radius 2 is 1.95 bits per heavy atom. The SMILES string of the molecule is CNCCN(C)S(=O)(=O)c1ccc(OCC(=O)O)cc1. The molecule has 112 valence electrons. The lowest BCUT2D eigenvalue weighted by Gasteiger charge is -2.17. The molecule has 0 atom stereocenters. The standard InChI is InChI=1S/C12H18N2O5S/c1-13-7-8-14(2)20(17,18)11-5-3-10(4-6-11)19-9-12(15)16/h3-6,13H,7-9H2,1-2H3,(H,15,16). The highest BCUT2D eigenvalue weighted by atomic mass is 32.2. The molecule has 0 aromatic heterocycles. The van der Waals surface area contributed by atoms with Gasteiger partial charge in [0.1, 0.15) is 5.75 Å². The molecule has 0 aliphatic rings. The van der Waals surface area contributed by atoms with Crippen LogP contribution in [-0.2, 0) is 14.8 Å². The second kappa shape index (κ2) is 7.22. The van der Waals surface area contributed by atoms with Crippen LogP contribution in [0.5, 0.6) is 5.75 Å². The van der Waals surface area contributed by atoms with Gasteiger partial charge in [-0.25, -0.2) is 13.2 Å². The number of nitrogens with one attached hydrogen (secondary N) is 1. The van der Waals surface area contributed by atoms with E-state index in [4.69, 9.17) is 9.84 Å². The van der Waals surface area contributed by atoms with Gasteiger partial charge in [-0.1, -0.05) is 0 Å². The first kappa shape index (κ1) is 16.4. The summed E-state index contributed by atoms with van der Waals surface area (Å²) in [5, 5.41) is 11.4. The number of rotatable bonds is 8. The maximum Gasteiger partial charge on any atom is 0.341 e. The van der Waals surface area contributed by atoms with Gasteiger partial charge in [-0.2, -0.15) is 4.31 Å². The van der Waals surface area contributed by atoms with Crippen molar-refractivity contribution in [2.24, 2.45) is 0 Å². The first-order valence-electron chi connectivity index (χ1n) is 5.93. The van der Waals surface area contributed by atoms with E-state index in [9.17, 15) is 13.2 Å². The summed E-state index contributed by atoms with van der Waals surface area (Å²) in [5.74, 6) is -0.780. The van der Waals surface area contributed by atoms with Crippen LogP contribution in [0.2, 0.25) is 0 Å². The summed E-state index contributed by atoms with van der Waals surface area (Å²) in [6, 6.07) is 5.65. The lowest BCUT2D eigenvalue weighted by Crippen LogP contribution is -2.32. The Balaban J connectivity index is 2.78. The van der Waals surface area contributed by atoms with Crippen LogP contribution in [0.4, 0.5) is 0 Å². The number of ether oxygens (including phenoxy) is 1. The first-order valence-corrected chi connectivity index (χ1v) is 7.37. The predicted molar refractivity (Wildman–Crippen MR) is 73.3 cm³/mol. The Kier molecular flexibility index (Phi) is 5.93. The Labute approximate surface area is 118 Å². The van der Waals surface area contributed by atoms with Gasteiger partial charge in [0.2, 0.25) is 10.0 Å². The molecule has 0 saturated heterocycles. The zero-order chi connectivity index (χ0) is 15.2. The minimum absolute atomic E-state index is 0.138. The number of likely N-dealkylation sites (N-methyl/N-ethyl adjacent to an activating group) is 2. The third-order valence-corrected chi connectivity index (χ3v) is 4.44. The Morgan fingerprint density at radius 1 is 1.35 bits per heavy atom. The highest BCUT2D eigenvalue weighted by molar-refractivity contribution is 7.89. The number of sulfonamides is 1. The summed E-state index contributed by atoms with van der Waals surface area (Å²) in [5.41, 5.74) is 0. The molecule has 8 heteroatoms. The van der Waals surface area contributed by atoms with Crippen LogP contribution in [0, 0.1) is 0 Å². The van der Waals surface area contributed by atoms with Crippen molar-refractivity contribution in [1.82, 2.24) is 9.62 Å². The molecule has 0 amide bonds. The molecule has 0 aliphatic carbocycles. The lowest BCUT2D eigenvalue weighted by molar-refractivity contribution is -0.139. The molecule has 7 nitrogen and oxygen atoms in total. The van der Waals surface area contributed by atoms with E-state index >= 15 is 0 Å². The summed E-state index contributed by atoms with van der Waals surface area (Å²) in [6.07, 6.45) is 0. The van der Waals surface area contributed by atoms with Gasteiger partial charge in [-0.05, 0) is 31.3 Å². The molecule has 1 rings (SSSR count). The monoisotopic (exact) mass is 302 g/mol. The van der Waals surface area contributed by atoms with E-state index in [-0.39, 0.29) is 4.90 Å². The average Bonchev–Trinajstić information content (AvgIpc) is 2.42. The smallest absolute Gasteiger partial charge is 0.341 e. The summed E-state index contributed by atoms with van der Waals surface area (Å²) < 4.78 is 30.5. The summed E-state index contributed by atoms with van der Waals surface area (Å²) in [4.78, 5) is 10.5. The molecule has 1 aromatic carbocycles. The van der Waals surface area contributed by atoms with Crippen molar-refractivity contribution in [3.05, 3.63) is 24.3 Å². The molecule has 20 heavy (non-hydrogen) atoms. The molecule has 0 saturated carbocycles. The van der Waals surface area contributed by atoms with Crippen molar-refractivity contribution < 1.29 is 23.1 Å². The summed E-state index contributed by atoms with van der Waals surface area (Å²) >= 11 is 0. The molecule has 0 radical (unpaired) electrons. The van der Waals surface area contributed by atoms with Crippen LogP contribution in [0.3, 0.4) is 0 Å². The van der Waals surface area contributed by atoms with Gasteiger partial charge in [0.15, 0.2) is 6.61 Å². The average molecular weight is 302 g/mol. The number of carbonyl (C=O) groups is 1. The highest BCUT2D eigenvalue weighted by Gasteiger charge is 2.20. The third kappa shape index (κ3) is 4.48. The fourth-order valence-corrected chi connectivity index (χ4v) is 2.59. The number of benzene rings is 1. The quantitative estimate of drug-likeness (QED) is 0.701. The van der Waals surface area contributed by atoms with Gasteiger partial charge in [0.05, 0.1) is 4.90 Å². The van der Waals surface area contributed by atoms with Gasteiger partial charge < -0.3 is 15.2 Å². The molecular formula is C12H18N2O5S. The molecule has 0 heterocycles. The Hall–Kier alpha value is -1.64. The van der Waals surface area contributed by atoms with Crippen LogP contribution in [0.15, 0.2) is 29.2 Å². The minimum Gasteiger partial charge on any atom is -0.482 e. The van der Waals surface area contributed by atoms with Crippen molar-refractivity contribution in [3.63, 3.8) is 0 Å². The van der Waals surface area contributed by atoms with E-state index in [0.717, 1.165) is 0 Å². The maximum absolute atomic E-state index is 12.2. The van der Waals surface area contributed by atoms with Crippen molar-refractivity contribution in [2.75, 3.05) is 33.8 Å². The van der Waals surface area contributed by atoms with Crippen molar-refractivity contribution >= 4 is 16.0 Å². The van der Waals surface area contributed by atoms with Gasteiger partial charge >= 0.3 is 5.97 Å². The zero-order valence-corrected chi connectivity index (χ0v) is 12.2. The normalized spacial score (nSPS) is 11.6.